The third kappa shape index (κ3) is 7.07. The summed E-state index contributed by atoms with van der Waals surface area (Å²) in [5.41, 5.74) is 0. The van der Waals surface area contributed by atoms with Crippen LogP contribution in [0.3, 0.4) is 0 Å². The topological polar surface area (TPSA) is 78.4 Å². The zero-order chi connectivity index (χ0) is 11.8. The van der Waals surface area contributed by atoms with Gasteiger partial charge >= 0.3 is 12.0 Å². The summed E-state index contributed by atoms with van der Waals surface area (Å²) >= 11 is 1.72. The highest BCUT2D eigenvalue weighted by Crippen LogP contribution is 2.00. The van der Waals surface area contributed by atoms with Gasteiger partial charge in [0.1, 0.15) is 6.04 Å². The molecule has 0 saturated carbocycles. The van der Waals surface area contributed by atoms with Crippen LogP contribution in [-0.4, -0.2) is 40.7 Å². The lowest BCUT2D eigenvalue weighted by atomic mass is 10.3. The van der Waals surface area contributed by atoms with Gasteiger partial charge in [-0.05, 0) is 19.6 Å². The number of thioether (sulfide) groups is 1. The maximum Gasteiger partial charge on any atom is 0.325 e. The van der Waals surface area contributed by atoms with E-state index >= 15 is 0 Å². The molecule has 5 nitrogen and oxygen atoms in total. The van der Waals surface area contributed by atoms with E-state index in [0.29, 0.717) is 0 Å². The molecular formula is C9H18N2O3S. The minimum Gasteiger partial charge on any atom is -0.480 e. The summed E-state index contributed by atoms with van der Waals surface area (Å²) in [4.78, 5) is 21.7. The van der Waals surface area contributed by atoms with Crippen molar-refractivity contribution >= 4 is 23.8 Å². The van der Waals surface area contributed by atoms with Gasteiger partial charge in [0.25, 0.3) is 0 Å². The van der Waals surface area contributed by atoms with Crippen LogP contribution in [0.25, 0.3) is 0 Å². The molecule has 2 atom stereocenters. The quantitative estimate of drug-likeness (QED) is 0.638. The zero-order valence-corrected chi connectivity index (χ0v) is 10.1. The van der Waals surface area contributed by atoms with Crippen LogP contribution in [0.2, 0.25) is 0 Å². The predicted octanol–water partition coefficient (Wildman–Crippen LogP) is 0.900. The van der Waals surface area contributed by atoms with Gasteiger partial charge in [-0.25, -0.2) is 4.79 Å². The molecule has 0 heterocycles. The predicted molar refractivity (Wildman–Crippen MR) is 61.2 cm³/mol. The fraction of sp³-hybridized carbons (Fsp3) is 0.778. The number of nitrogens with one attached hydrogen (secondary N) is 2. The van der Waals surface area contributed by atoms with Crippen molar-refractivity contribution in [1.29, 1.82) is 0 Å². The largest absolute Gasteiger partial charge is 0.480 e. The maximum atomic E-state index is 11.2. The summed E-state index contributed by atoms with van der Waals surface area (Å²) in [6.07, 6.45) is 0. The SMILES string of the molecule is CCSCC(C)NC(=O)NC(C)C(=O)O. The Kier molecular flexibility index (Phi) is 6.94. The molecule has 0 bridgehead atoms. The molecule has 0 fully saturated rings. The number of carbonyl (C=O) groups excluding carboxylic acids is 1. The number of carboxylic acid groups (broad SMARTS) is 1. The third-order valence-corrected chi connectivity index (χ3v) is 2.81. The molecule has 0 spiro atoms. The van der Waals surface area contributed by atoms with Crippen LogP contribution in [-0.2, 0) is 4.79 Å². The van der Waals surface area contributed by atoms with Crippen molar-refractivity contribution in [2.45, 2.75) is 32.9 Å². The molecule has 0 aliphatic carbocycles. The first-order valence-corrected chi connectivity index (χ1v) is 6.00. The second-order valence-corrected chi connectivity index (χ2v) is 4.56. The highest BCUT2D eigenvalue weighted by atomic mass is 32.2. The van der Waals surface area contributed by atoms with Crippen LogP contribution >= 0.6 is 11.8 Å². The first kappa shape index (κ1) is 14.1. The third-order valence-electron chi connectivity index (χ3n) is 1.67. The van der Waals surface area contributed by atoms with E-state index in [0.717, 1.165) is 11.5 Å². The fourth-order valence-electron chi connectivity index (χ4n) is 0.860. The van der Waals surface area contributed by atoms with Gasteiger partial charge in [0, 0.05) is 11.8 Å². The molecule has 0 aromatic carbocycles. The minimum atomic E-state index is -1.04. The first-order chi connectivity index (χ1) is 6.97. The Bertz CT molecular complexity index is 223. The molecule has 3 N–H and O–H groups in total. The second kappa shape index (κ2) is 7.39. The van der Waals surface area contributed by atoms with Gasteiger partial charge < -0.3 is 15.7 Å². The molecule has 2 amide bonds. The zero-order valence-electron chi connectivity index (χ0n) is 9.24. The van der Waals surface area contributed by atoms with Gasteiger partial charge in [0.05, 0.1) is 0 Å². The van der Waals surface area contributed by atoms with Crippen LogP contribution < -0.4 is 10.6 Å². The van der Waals surface area contributed by atoms with Crippen molar-refractivity contribution in [3.05, 3.63) is 0 Å². The highest BCUT2D eigenvalue weighted by Gasteiger charge is 2.14. The summed E-state index contributed by atoms with van der Waals surface area (Å²) in [5.74, 6) is 0.783. The molecule has 0 saturated heterocycles. The Hall–Kier alpha value is -0.910. The van der Waals surface area contributed by atoms with Crippen LogP contribution in [0.5, 0.6) is 0 Å². The van der Waals surface area contributed by atoms with Crippen molar-refractivity contribution in [3.8, 4) is 0 Å². The molecular weight excluding hydrogens is 216 g/mol. The average Bonchev–Trinajstić information content (AvgIpc) is 2.14. The Morgan fingerprint density at radius 3 is 2.40 bits per heavy atom. The monoisotopic (exact) mass is 234 g/mol. The lowest BCUT2D eigenvalue weighted by Crippen LogP contribution is -2.47. The molecule has 0 aromatic rings. The number of hydrogen-bond donors (Lipinski definition) is 3. The molecule has 88 valence electrons. The van der Waals surface area contributed by atoms with E-state index < -0.39 is 18.0 Å². The second-order valence-electron chi connectivity index (χ2n) is 3.24. The Morgan fingerprint density at radius 1 is 1.33 bits per heavy atom. The van der Waals surface area contributed by atoms with Crippen LogP contribution in [0.1, 0.15) is 20.8 Å². The summed E-state index contributed by atoms with van der Waals surface area (Å²) in [6.45, 7) is 5.35. The Labute approximate surface area is 94.0 Å². The van der Waals surface area contributed by atoms with Gasteiger partial charge in [-0.1, -0.05) is 6.92 Å². The molecule has 15 heavy (non-hydrogen) atoms. The normalized spacial score (nSPS) is 14.1. The molecule has 0 rings (SSSR count). The van der Waals surface area contributed by atoms with Crippen molar-refractivity contribution in [1.82, 2.24) is 10.6 Å². The van der Waals surface area contributed by atoms with Crippen LogP contribution in [0.15, 0.2) is 0 Å². The van der Waals surface area contributed by atoms with Crippen LogP contribution in [0, 0.1) is 0 Å². The van der Waals surface area contributed by atoms with Crippen molar-refractivity contribution in [2.75, 3.05) is 11.5 Å². The number of carbonyl (C=O) groups is 2. The van der Waals surface area contributed by atoms with Gasteiger partial charge in [-0.15, -0.1) is 0 Å². The van der Waals surface area contributed by atoms with E-state index in [4.69, 9.17) is 5.11 Å². The van der Waals surface area contributed by atoms with Gasteiger partial charge in [-0.2, -0.15) is 11.8 Å². The van der Waals surface area contributed by atoms with E-state index in [1.54, 1.807) is 11.8 Å². The molecule has 0 radical (unpaired) electrons. The molecule has 2 unspecified atom stereocenters. The number of urea groups is 1. The molecule has 0 aliphatic heterocycles. The minimum absolute atomic E-state index is 0.0379. The Balaban J connectivity index is 3.77. The van der Waals surface area contributed by atoms with Crippen molar-refractivity contribution < 1.29 is 14.7 Å². The van der Waals surface area contributed by atoms with E-state index in [9.17, 15) is 9.59 Å². The average molecular weight is 234 g/mol. The number of amides is 2. The molecule has 0 aromatic heterocycles. The number of rotatable bonds is 6. The first-order valence-electron chi connectivity index (χ1n) is 4.85. The number of aliphatic carboxylic acids is 1. The standard InChI is InChI=1S/C9H18N2O3S/c1-4-15-5-6(2)10-9(14)11-7(3)8(12)13/h6-7H,4-5H2,1-3H3,(H,12,13)(H2,10,11,14). The van der Waals surface area contributed by atoms with Crippen molar-refractivity contribution in [3.63, 3.8) is 0 Å². The summed E-state index contributed by atoms with van der Waals surface area (Å²) in [7, 11) is 0. The summed E-state index contributed by atoms with van der Waals surface area (Å²) < 4.78 is 0. The fourth-order valence-corrected chi connectivity index (χ4v) is 1.53. The highest BCUT2D eigenvalue weighted by molar-refractivity contribution is 7.99. The van der Waals surface area contributed by atoms with Gasteiger partial charge in [0.2, 0.25) is 0 Å². The lowest BCUT2D eigenvalue weighted by molar-refractivity contribution is -0.138. The maximum absolute atomic E-state index is 11.2. The molecule has 0 aliphatic rings. The molecule has 6 heteroatoms. The van der Waals surface area contributed by atoms with E-state index in [-0.39, 0.29) is 6.04 Å². The van der Waals surface area contributed by atoms with E-state index in [2.05, 4.69) is 10.6 Å². The number of carboxylic acids is 1. The smallest absolute Gasteiger partial charge is 0.325 e. The van der Waals surface area contributed by atoms with E-state index in [1.165, 1.54) is 6.92 Å². The summed E-state index contributed by atoms with van der Waals surface area (Å²) in [6, 6.07) is -1.26. The summed E-state index contributed by atoms with van der Waals surface area (Å²) in [5, 5.41) is 13.6. The van der Waals surface area contributed by atoms with Gasteiger partial charge in [0.15, 0.2) is 0 Å². The van der Waals surface area contributed by atoms with Crippen molar-refractivity contribution in [2.24, 2.45) is 0 Å². The van der Waals surface area contributed by atoms with E-state index in [1.807, 2.05) is 13.8 Å². The number of hydrogen-bond acceptors (Lipinski definition) is 3. The van der Waals surface area contributed by atoms with Crippen LogP contribution in [0.4, 0.5) is 4.79 Å². The lowest BCUT2D eigenvalue weighted by Gasteiger charge is -2.15. The van der Waals surface area contributed by atoms with Gasteiger partial charge in [-0.3, -0.25) is 4.79 Å². The Morgan fingerprint density at radius 2 is 1.93 bits per heavy atom.